The van der Waals surface area contributed by atoms with Gasteiger partial charge in [0.25, 0.3) is 11.8 Å². The predicted octanol–water partition coefficient (Wildman–Crippen LogP) is 1.99. The van der Waals surface area contributed by atoms with Crippen molar-refractivity contribution >= 4 is 17.7 Å². The van der Waals surface area contributed by atoms with Gasteiger partial charge in [0.15, 0.2) is 0 Å². The van der Waals surface area contributed by atoms with E-state index < -0.39 is 17.9 Å². The Hall–Kier alpha value is -2.21. The van der Waals surface area contributed by atoms with Gasteiger partial charge in [-0.15, -0.1) is 0 Å². The van der Waals surface area contributed by atoms with Crippen molar-refractivity contribution in [1.82, 2.24) is 10.2 Å². The molecule has 0 spiro atoms. The molecule has 1 aliphatic rings. The summed E-state index contributed by atoms with van der Waals surface area (Å²) in [5.74, 6) is -1.17. The van der Waals surface area contributed by atoms with Gasteiger partial charge in [0.1, 0.15) is 6.04 Å². The molecule has 2 rings (SSSR count). The van der Waals surface area contributed by atoms with Crippen molar-refractivity contribution in [1.29, 1.82) is 0 Å². The highest BCUT2D eigenvalue weighted by Crippen LogP contribution is 2.24. The highest BCUT2D eigenvalue weighted by Gasteiger charge is 2.40. The number of ether oxygens (including phenoxy) is 1. The summed E-state index contributed by atoms with van der Waals surface area (Å²) in [7, 11) is 0. The van der Waals surface area contributed by atoms with E-state index in [2.05, 4.69) is 12.2 Å². The van der Waals surface area contributed by atoms with Gasteiger partial charge in [-0.2, -0.15) is 0 Å². The SMILES string of the molecule is CCCCOCCCNC(=O)C(C)N1C(=O)c2ccccc2C1=O. The summed E-state index contributed by atoms with van der Waals surface area (Å²) in [6, 6.07) is 5.79. The molecule has 1 aromatic rings. The first-order valence-electron chi connectivity index (χ1n) is 8.40. The number of hydrogen-bond acceptors (Lipinski definition) is 4. The number of rotatable bonds is 9. The van der Waals surface area contributed by atoms with Gasteiger partial charge in [-0.25, -0.2) is 0 Å². The van der Waals surface area contributed by atoms with Crippen LogP contribution in [0.5, 0.6) is 0 Å². The molecule has 3 amide bonds. The largest absolute Gasteiger partial charge is 0.381 e. The lowest BCUT2D eigenvalue weighted by Crippen LogP contribution is -2.48. The molecule has 1 N–H and O–H groups in total. The summed E-state index contributed by atoms with van der Waals surface area (Å²) in [5, 5.41) is 2.75. The molecule has 1 atom stereocenters. The maximum atomic E-state index is 12.3. The summed E-state index contributed by atoms with van der Waals surface area (Å²) in [4.78, 5) is 37.9. The molecule has 0 aromatic heterocycles. The summed E-state index contributed by atoms with van der Waals surface area (Å²) in [5.41, 5.74) is 0.706. The lowest BCUT2D eigenvalue weighted by molar-refractivity contribution is -0.124. The summed E-state index contributed by atoms with van der Waals surface area (Å²) in [6.45, 7) is 5.44. The van der Waals surface area contributed by atoms with Crippen molar-refractivity contribution in [2.45, 2.75) is 39.2 Å². The molecular weight excluding hydrogens is 308 g/mol. The molecule has 6 heteroatoms. The number of nitrogens with zero attached hydrogens (tertiary/aromatic N) is 1. The average molecular weight is 332 g/mol. The van der Waals surface area contributed by atoms with Crippen LogP contribution in [0.3, 0.4) is 0 Å². The molecule has 0 saturated carbocycles. The van der Waals surface area contributed by atoms with Crippen LogP contribution in [-0.2, 0) is 9.53 Å². The average Bonchev–Trinajstić information content (AvgIpc) is 2.85. The van der Waals surface area contributed by atoms with Crippen LogP contribution in [0.2, 0.25) is 0 Å². The van der Waals surface area contributed by atoms with Gasteiger partial charge in [-0.1, -0.05) is 25.5 Å². The fraction of sp³-hybridized carbons (Fsp3) is 0.500. The second-order valence-corrected chi connectivity index (χ2v) is 5.81. The first-order valence-corrected chi connectivity index (χ1v) is 8.40. The van der Waals surface area contributed by atoms with Crippen LogP contribution in [0.15, 0.2) is 24.3 Å². The maximum absolute atomic E-state index is 12.3. The number of amides is 3. The van der Waals surface area contributed by atoms with Gasteiger partial charge in [0, 0.05) is 19.8 Å². The highest BCUT2D eigenvalue weighted by molar-refractivity contribution is 6.22. The second kappa shape index (κ2) is 8.59. The van der Waals surface area contributed by atoms with Gasteiger partial charge in [0.2, 0.25) is 5.91 Å². The van der Waals surface area contributed by atoms with E-state index in [1.807, 2.05) is 0 Å². The van der Waals surface area contributed by atoms with Crippen LogP contribution in [-0.4, -0.2) is 48.4 Å². The molecule has 0 radical (unpaired) electrons. The molecule has 1 unspecified atom stereocenters. The third-order valence-corrected chi connectivity index (χ3v) is 4.00. The number of carbonyl (C=O) groups excluding carboxylic acids is 3. The van der Waals surface area contributed by atoms with Gasteiger partial charge < -0.3 is 10.1 Å². The van der Waals surface area contributed by atoms with Gasteiger partial charge >= 0.3 is 0 Å². The first-order chi connectivity index (χ1) is 11.6. The molecule has 0 aliphatic carbocycles. The first kappa shape index (κ1) is 18.1. The summed E-state index contributed by atoms with van der Waals surface area (Å²) < 4.78 is 5.42. The van der Waals surface area contributed by atoms with E-state index in [-0.39, 0.29) is 5.91 Å². The van der Waals surface area contributed by atoms with Crippen LogP contribution in [0.4, 0.5) is 0 Å². The lowest BCUT2D eigenvalue weighted by atomic mass is 10.1. The molecule has 1 aromatic carbocycles. The summed E-state index contributed by atoms with van der Waals surface area (Å²) in [6.07, 6.45) is 2.82. The molecule has 6 nitrogen and oxygen atoms in total. The Bertz CT molecular complexity index is 580. The van der Waals surface area contributed by atoms with Crippen molar-refractivity contribution in [2.75, 3.05) is 19.8 Å². The zero-order valence-electron chi connectivity index (χ0n) is 14.2. The molecule has 1 aliphatic heterocycles. The number of hydrogen-bond donors (Lipinski definition) is 1. The number of fused-ring (bicyclic) bond motifs is 1. The van der Waals surface area contributed by atoms with Crippen molar-refractivity contribution in [3.8, 4) is 0 Å². The topological polar surface area (TPSA) is 75.7 Å². The number of carbonyl (C=O) groups is 3. The Morgan fingerprint density at radius 2 is 1.71 bits per heavy atom. The fourth-order valence-electron chi connectivity index (χ4n) is 2.56. The minimum Gasteiger partial charge on any atom is -0.381 e. The third kappa shape index (κ3) is 4.00. The number of unbranched alkanes of at least 4 members (excludes halogenated alkanes) is 1. The quantitative estimate of drug-likeness (QED) is 0.554. The van der Waals surface area contributed by atoms with E-state index in [4.69, 9.17) is 4.74 Å². The van der Waals surface area contributed by atoms with E-state index in [0.29, 0.717) is 30.7 Å². The Balaban J connectivity index is 1.82. The Labute approximate surface area is 142 Å². The van der Waals surface area contributed by atoms with E-state index in [1.165, 1.54) is 0 Å². The maximum Gasteiger partial charge on any atom is 0.262 e. The predicted molar refractivity (Wildman–Crippen MR) is 89.8 cm³/mol. The van der Waals surface area contributed by atoms with E-state index in [0.717, 1.165) is 24.3 Å². The van der Waals surface area contributed by atoms with E-state index >= 15 is 0 Å². The van der Waals surface area contributed by atoms with Crippen LogP contribution < -0.4 is 5.32 Å². The Morgan fingerprint density at radius 3 is 2.29 bits per heavy atom. The normalized spacial score (nSPS) is 14.7. The van der Waals surface area contributed by atoms with Gasteiger partial charge in [0.05, 0.1) is 11.1 Å². The van der Waals surface area contributed by atoms with Gasteiger partial charge in [-0.05, 0) is 31.9 Å². The molecule has 130 valence electrons. The van der Waals surface area contributed by atoms with Crippen molar-refractivity contribution in [3.63, 3.8) is 0 Å². The zero-order chi connectivity index (χ0) is 17.5. The van der Waals surface area contributed by atoms with E-state index in [1.54, 1.807) is 31.2 Å². The molecule has 1 heterocycles. The highest BCUT2D eigenvalue weighted by atomic mass is 16.5. The zero-order valence-corrected chi connectivity index (χ0v) is 14.2. The van der Waals surface area contributed by atoms with Crippen molar-refractivity contribution in [2.24, 2.45) is 0 Å². The number of benzene rings is 1. The second-order valence-electron chi connectivity index (χ2n) is 5.81. The Kier molecular flexibility index (Phi) is 6.49. The van der Waals surface area contributed by atoms with E-state index in [9.17, 15) is 14.4 Å². The molecule has 0 fully saturated rings. The third-order valence-electron chi connectivity index (χ3n) is 4.00. The molecule has 0 saturated heterocycles. The standard InChI is InChI=1S/C18H24N2O4/c1-3-4-11-24-12-7-10-19-16(21)13(2)20-17(22)14-8-5-6-9-15(14)18(20)23/h5-6,8-9,13H,3-4,7,10-12H2,1-2H3,(H,19,21). The smallest absolute Gasteiger partial charge is 0.262 e. The lowest BCUT2D eigenvalue weighted by Gasteiger charge is -2.21. The molecular formula is C18H24N2O4. The van der Waals surface area contributed by atoms with Crippen LogP contribution in [0.1, 0.15) is 53.8 Å². The Morgan fingerprint density at radius 1 is 1.12 bits per heavy atom. The number of nitrogens with one attached hydrogen (secondary N) is 1. The van der Waals surface area contributed by atoms with Gasteiger partial charge in [-0.3, -0.25) is 19.3 Å². The minimum atomic E-state index is -0.835. The minimum absolute atomic E-state index is 0.335. The van der Waals surface area contributed by atoms with Crippen LogP contribution >= 0.6 is 0 Å². The number of imide groups is 1. The van der Waals surface area contributed by atoms with Crippen LogP contribution in [0.25, 0.3) is 0 Å². The van der Waals surface area contributed by atoms with Crippen molar-refractivity contribution < 1.29 is 19.1 Å². The fourth-order valence-corrected chi connectivity index (χ4v) is 2.56. The monoisotopic (exact) mass is 332 g/mol. The molecule has 0 bridgehead atoms. The summed E-state index contributed by atoms with van der Waals surface area (Å²) >= 11 is 0. The van der Waals surface area contributed by atoms with Crippen molar-refractivity contribution in [3.05, 3.63) is 35.4 Å². The van der Waals surface area contributed by atoms with Crippen LogP contribution in [0, 0.1) is 0 Å². The molecule has 24 heavy (non-hydrogen) atoms.